The van der Waals surface area contributed by atoms with Crippen molar-refractivity contribution in [3.8, 4) is 0 Å². The maximum absolute atomic E-state index is 4.35. The molecule has 0 saturated heterocycles. The van der Waals surface area contributed by atoms with Gasteiger partial charge >= 0.3 is 0 Å². The van der Waals surface area contributed by atoms with E-state index in [1.54, 1.807) is 0 Å². The summed E-state index contributed by atoms with van der Waals surface area (Å²) in [4.78, 5) is 6.70. The quantitative estimate of drug-likeness (QED) is 0.658. The lowest BCUT2D eigenvalue weighted by molar-refractivity contribution is 0.372. The molecule has 20 heavy (non-hydrogen) atoms. The monoisotopic (exact) mass is 272 g/mol. The lowest BCUT2D eigenvalue weighted by atomic mass is 10.1. The van der Waals surface area contributed by atoms with Crippen LogP contribution in [0.2, 0.25) is 0 Å². The summed E-state index contributed by atoms with van der Waals surface area (Å²) in [6, 6.07) is 6.11. The molecule has 0 N–H and O–H groups in total. The zero-order chi connectivity index (χ0) is 14.8. The largest absolute Gasteiger partial charge is 0.302 e. The lowest BCUT2D eigenvalue weighted by Gasteiger charge is -2.14. The van der Waals surface area contributed by atoms with Gasteiger partial charge in [-0.3, -0.25) is 4.98 Å². The first kappa shape index (κ1) is 16.6. The average Bonchev–Trinajstić information content (AvgIpc) is 2.43. The predicted molar refractivity (Wildman–Crippen MR) is 87.9 cm³/mol. The van der Waals surface area contributed by atoms with Gasteiger partial charge in [-0.05, 0) is 52.8 Å². The van der Waals surface area contributed by atoms with Gasteiger partial charge in [0, 0.05) is 31.4 Å². The number of hydrogen-bond donors (Lipinski definition) is 0. The summed E-state index contributed by atoms with van der Waals surface area (Å²) in [6.45, 7) is 8.61. The molecule has 0 aromatic carbocycles. The van der Waals surface area contributed by atoms with Gasteiger partial charge in [0.2, 0.25) is 0 Å². The van der Waals surface area contributed by atoms with Gasteiger partial charge in [0.25, 0.3) is 0 Å². The summed E-state index contributed by atoms with van der Waals surface area (Å²) >= 11 is 0. The van der Waals surface area contributed by atoms with Crippen molar-refractivity contribution in [3.63, 3.8) is 0 Å². The highest BCUT2D eigenvalue weighted by atomic mass is 15.1. The van der Waals surface area contributed by atoms with Crippen LogP contribution < -0.4 is 0 Å². The Balaban J connectivity index is 2.24. The molecular formula is C18H28N2. The first-order valence-corrected chi connectivity index (χ1v) is 7.45. The Hall–Kier alpha value is -1.41. The van der Waals surface area contributed by atoms with Gasteiger partial charge in [0.15, 0.2) is 0 Å². The molecule has 0 fully saturated rings. The van der Waals surface area contributed by atoms with Gasteiger partial charge in [-0.2, -0.15) is 0 Å². The molecule has 0 bridgehead atoms. The summed E-state index contributed by atoms with van der Waals surface area (Å²) < 4.78 is 0. The molecule has 0 aliphatic carbocycles. The van der Waals surface area contributed by atoms with Gasteiger partial charge < -0.3 is 4.90 Å². The molecule has 1 aromatic heterocycles. The molecule has 0 aliphatic heterocycles. The van der Waals surface area contributed by atoms with Crippen LogP contribution in [0.4, 0.5) is 0 Å². The van der Waals surface area contributed by atoms with E-state index in [9.17, 15) is 0 Å². The lowest BCUT2D eigenvalue weighted by Crippen LogP contribution is -2.21. The predicted octanol–water partition coefficient (Wildman–Crippen LogP) is 4.25. The van der Waals surface area contributed by atoms with Crippen LogP contribution in [0.15, 0.2) is 47.7 Å². The molecule has 0 aliphatic rings. The molecule has 0 spiro atoms. The van der Waals surface area contributed by atoms with E-state index in [0.717, 1.165) is 25.9 Å². The zero-order valence-corrected chi connectivity index (χ0v) is 13.4. The van der Waals surface area contributed by atoms with Gasteiger partial charge in [0.1, 0.15) is 0 Å². The summed E-state index contributed by atoms with van der Waals surface area (Å²) in [5.74, 6) is 0. The third-order valence-electron chi connectivity index (χ3n) is 3.32. The number of rotatable bonds is 8. The van der Waals surface area contributed by atoms with E-state index in [0.29, 0.717) is 0 Å². The number of allylic oxidation sites excluding steroid dienone is 3. The van der Waals surface area contributed by atoms with E-state index in [2.05, 4.69) is 62.0 Å². The maximum Gasteiger partial charge on any atom is 0.0416 e. The van der Waals surface area contributed by atoms with Crippen molar-refractivity contribution in [2.75, 3.05) is 20.1 Å². The van der Waals surface area contributed by atoms with E-state index in [-0.39, 0.29) is 0 Å². The smallest absolute Gasteiger partial charge is 0.0416 e. The third-order valence-corrected chi connectivity index (χ3v) is 3.32. The Kier molecular flexibility index (Phi) is 7.89. The number of hydrogen-bond acceptors (Lipinski definition) is 2. The van der Waals surface area contributed by atoms with Crippen molar-refractivity contribution in [2.24, 2.45) is 0 Å². The summed E-state index contributed by atoms with van der Waals surface area (Å²) in [5, 5.41) is 0. The maximum atomic E-state index is 4.35. The first-order chi connectivity index (χ1) is 9.58. The minimum Gasteiger partial charge on any atom is -0.302 e. The van der Waals surface area contributed by atoms with Crippen LogP contribution in [0.25, 0.3) is 0 Å². The van der Waals surface area contributed by atoms with Crippen LogP contribution in [0.5, 0.6) is 0 Å². The average molecular weight is 272 g/mol. The fraction of sp³-hybridized carbons (Fsp3) is 0.500. The molecule has 0 amide bonds. The van der Waals surface area contributed by atoms with E-state index in [1.807, 2.05) is 12.3 Å². The van der Waals surface area contributed by atoms with Crippen LogP contribution in [0, 0.1) is 0 Å². The second kappa shape index (κ2) is 9.49. The second-order valence-electron chi connectivity index (χ2n) is 5.70. The normalized spacial score (nSPS) is 11.8. The topological polar surface area (TPSA) is 16.1 Å². The molecule has 1 rings (SSSR count). The number of likely N-dealkylation sites (N-methyl/N-ethyl adjacent to an activating group) is 1. The van der Waals surface area contributed by atoms with Crippen LogP contribution in [-0.4, -0.2) is 30.0 Å². The first-order valence-electron chi connectivity index (χ1n) is 7.45. The number of aromatic nitrogens is 1. The molecule has 0 saturated carbocycles. The molecular weight excluding hydrogens is 244 g/mol. The third kappa shape index (κ3) is 7.90. The fourth-order valence-corrected chi connectivity index (χ4v) is 1.94. The Morgan fingerprint density at radius 1 is 1.20 bits per heavy atom. The van der Waals surface area contributed by atoms with E-state index in [4.69, 9.17) is 0 Å². The minimum absolute atomic E-state index is 1.02. The summed E-state index contributed by atoms with van der Waals surface area (Å²) in [6.07, 6.45) is 9.85. The number of pyridine rings is 1. The molecule has 0 atom stereocenters. The zero-order valence-electron chi connectivity index (χ0n) is 13.4. The molecule has 0 unspecified atom stereocenters. The molecule has 0 radical (unpaired) electrons. The highest BCUT2D eigenvalue weighted by molar-refractivity contribution is 5.05. The highest BCUT2D eigenvalue weighted by Crippen LogP contribution is 2.06. The van der Waals surface area contributed by atoms with Crippen molar-refractivity contribution in [1.29, 1.82) is 0 Å². The van der Waals surface area contributed by atoms with Crippen molar-refractivity contribution < 1.29 is 0 Å². The Labute approximate surface area is 124 Å². The molecule has 110 valence electrons. The van der Waals surface area contributed by atoms with Gasteiger partial charge in [-0.15, -0.1) is 0 Å². The van der Waals surface area contributed by atoms with Crippen LogP contribution in [0.3, 0.4) is 0 Å². The van der Waals surface area contributed by atoms with E-state index < -0.39 is 0 Å². The van der Waals surface area contributed by atoms with Crippen LogP contribution >= 0.6 is 0 Å². The molecule has 1 aromatic rings. The van der Waals surface area contributed by atoms with Crippen molar-refractivity contribution in [3.05, 3.63) is 53.4 Å². The van der Waals surface area contributed by atoms with Crippen molar-refractivity contribution in [1.82, 2.24) is 9.88 Å². The van der Waals surface area contributed by atoms with Gasteiger partial charge in [-0.25, -0.2) is 0 Å². The highest BCUT2D eigenvalue weighted by Gasteiger charge is 1.98. The standard InChI is InChI=1S/C18H28N2/c1-16(2)8-7-9-17(3)11-14-20(4)15-12-18-10-5-6-13-19-18/h5-6,8,10-11,13H,7,9,12,14-15H2,1-4H3. The van der Waals surface area contributed by atoms with E-state index in [1.165, 1.54) is 23.3 Å². The molecule has 2 nitrogen and oxygen atoms in total. The fourth-order valence-electron chi connectivity index (χ4n) is 1.94. The molecule has 2 heteroatoms. The molecule has 1 heterocycles. The van der Waals surface area contributed by atoms with Crippen LogP contribution in [0.1, 0.15) is 39.3 Å². The van der Waals surface area contributed by atoms with Gasteiger partial charge in [-0.1, -0.05) is 29.4 Å². The second-order valence-corrected chi connectivity index (χ2v) is 5.70. The van der Waals surface area contributed by atoms with Gasteiger partial charge in [0.05, 0.1) is 0 Å². The summed E-state index contributed by atoms with van der Waals surface area (Å²) in [7, 11) is 2.17. The minimum atomic E-state index is 1.02. The SMILES string of the molecule is CC(C)=CCCC(C)=CCN(C)CCc1ccccn1. The Bertz CT molecular complexity index is 428. The summed E-state index contributed by atoms with van der Waals surface area (Å²) in [5.41, 5.74) is 4.06. The Morgan fingerprint density at radius 2 is 2.00 bits per heavy atom. The van der Waals surface area contributed by atoms with Crippen molar-refractivity contribution in [2.45, 2.75) is 40.0 Å². The number of nitrogens with zero attached hydrogens (tertiary/aromatic N) is 2. The Morgan fingerprint density at radius 3 is 2.65 bits per heavy atom. The van der Waals surface area contributed by atoms with Crippen LogP contribution in [-0.2, 0) is 6.42 Å². The van der Waals surface area contributed by atoms with E-state index >= 15 is 0 Å². The van der Waals surface area contributed by atoms with Crippen molar-refractivity contribution >= 4 is 0 Å².